The molecule has 0 amide bonds. The van der Waals surface area contributed by atoms with Crippen molar-refractivity contribution in [2.75, 3.05) is 6.54 Å². The summed E-state index contributed by atoms with van der Waals surface area (Å²) < 4.78 is 5.60. The summed E-state index contributed by atoms with van der Waals surface area (Å²) in [5.41, 5.74) is -0.109. The predicted octanol–water partition coefficient (Wildman–Crippen LogP) is 7.30. The van der Waals surface area contributed by atoms with Gasteiger partial charge in [-0.1, -0.05) is 104 Å². The van der Waals surface area contributed by atoms with Crippen LogP contribution in [-0.4, -0.2) is 18.2 Å². The quantitative estimate of drug-likeness (QED) is 0.110. The fourth-order valence-corrected chi connectivity index (χ4v) is 3.50. The van der Waals surface area contributed by atoms with E-state index in [9.17, 15) is 4.79 Å². The van der Waals surface area contributed by atoms with Gasteiger partial charge in [0.05, 0.1) is 0 Å². The highest BCUT2D eigenvalue weighted by atomic mass is 16.6. The first-order valence-electron chi connectivity index (χ1n) is 11.6. The maximum absolute atomic E-state index is 11.8. The average molecular weight is 382 g/mol. The van der Waals surface area contributed by atoms with Crippen LogP contribution in [0.15, 0.2) is 12.2 Å². The van der Waals surface area contributed by atoms with E-state index in [2.05, 4.69) is 18.8 Å². The number of esters is 1. The number of carbonyl (C=O) groups is 1. The second-order valence-electron chi connectivity index (χ2n) is 8.28. The van der Waals surface area contributed by atoms with Crippen molar-refractivity contribution in [2.24, 2.45) is 0 Å². The van der Waals surface area contributed by atoms with E-state index in [1.54, 1.807) is 6.92 Å². The molecule has 0 heterocycles. The summed E-state index contributed by atoms with van der Waals surface area (Å²) >= 11 is 0. The third-order valence-corrected chi connectivity index (χ3v) is 5.22. The Labute approximate surface area is 169 Å². The molecule has 0 radical (unpaired) electrons. The summed E-state index contributed by atoms with van der Waals surface area (Å²) in [4.78, 5) is 11.8. The Kier molecular flexibility index (Phi) is 16.7. The topological polar surface area (TPSA) is 38.3 Å². The highest BCUT2D eigenvalue weighted by molar-refractivity contribution is 5.87. The van der Waals surface area contributed by atoms with Gasteiger partial charge in [-0.05, 0) is 26.8 Å². The highest BCUT2D eigenvalue weighted by Gasteiger charge is 2.27. The van der Waals surface area contributed by atoms with Crippen molar-refractivity contribution >= 4 is 5.97 Å². The van der Waals surface area contributed by atoms with E-state index in [1.807, 2.05) is 13.8 Å². The van der Waals surface area contributed by atoms with Crippen molar-refractivity contribution in [3.8, 4) is 0 Å². The molecule has 0 aromatic rings. The zero-order valence-corrected chi connectivity index (χ0v) is 18.8. The summed E-state index contributed by atoms with van der Waals surface area (Å²) in [6.07, 6.45) is 19.8. The van der Waals surface area contributed by atoms with Crippen molar-refractivity contribution in [2.45, 2.75) is 130 Å². The maximum Gasteiger partial charge on any atom is 0.334 e. The fraction of sp³-hybridized carbons (Fsp3) is 0.875. The Hall–Kier alpha value is -0.830. The lowest BCUT2D eigenvalue weighted by atomic mass is 10.0. The van der Waals surface area contributed by atoms with Crippen LogP contribution in [0.5, 0.6) is 0 Å². The number of hydrogen-bond donors (Lipinski definition) is 1. The largest absolute Gasteiger partial charge is 0.441 e. The van der Waals surface area contributed by atoms with E-state index in [-0.39, 0.29) is 5.97 Å². The smallest absolute Gasteiger partial charge is 0.334 e. The predicted molar refractivity (Wildman–Crippen MR) is 118 cm³/mol. The molecule has 0 fully saturated rings. The van der Waals surface area contributed by atoms with Gasteiger partial charge in [-0.15, -0.1) is 0 Å². The standard InChI is InChI=1S/C24H47NO2/c1-6-8-9-10-11-12-13-14-15-16-17-18-19-20-21-24(5,25-7-2)27-23(26)22(3)4/h25H,3,6-21H2,1-2,4-5H3. The summed E-state index contributed by atoms with van der Waals surface area (Å²) in [5, 5.41) is 3.31. The molecule has 0 aliphatic carbocycles. The molecule has 0 bridgehead atoms. The molecule has 3 nitrogen and oxygen atoms in total. The van der Waals surface area contributed by atoms with Crippen LogP contribution < -0.4 is 5.32 Å². The average Bonchev–Trinajstić information content (AvgIpc) is 2.62. The third kappa shape index (κ3) is 15.9. The van der Waals surface area contributed by atoms with Crippen LogP contribution in [0.25, 0.3) is 0 Å². The number of rotatable bonds is 19. The number of hydrogen-bond acceptors (Lipinski definition) is 3. The van der Waals surface area contributed by atoms with Crippen LogP contribution >= 0.6 is 0 Å². The number of carbonyl (C=O) groups excluding carboxylic acids is 1. The van der Waals surface area contributed by atoms with Gasteiger partial charge in [0.1, 0.15) is 0 Å². The molecule has 0 saturated heterocycles. The molecule has 3 heteroatoms. The number of nitrogens with one attached hydrogen (secondary N) is 1. The van der Waals surface area contributed by atoms with Gasteiger partial charge < -0.3 is 4.74 Å². The van der Waals surface area contributed by atoms with Gasteiger partial charge in [0.2, 0.25) is 0 Å². The first kappa shape index (κ1) is 26.2. The van der Waals surface area contributed by atoms with E-state index >= 15 is 0 Å². The first-order chi connectivity index (χ1) is 12.9. The summed E-state index contributed by atoms with van der Waals surface area (Å²) in [6, 6.07) is 0. The van der Waals surface area contributed by atoms with Gasteiger partial charge in [0, 0.05) is 12.0 Å². The van der Waals surface area contributed by atoms with Crippen molar-refractivity contribution < 1.29 is 9.53 Å². The Morgan fingerprint density at radius 1 is 0.815 bits per heavy atom. The van der Waals surface area contributed by atoms with Gasteiger partial charge in [-0.3, -0.25) is 5.32 Å². The molecule has 0 rings (SSSR count). The zero-order valence-electron chi connectivity index (χ0n) is 18.8. The second kappa shape index (κ2) is 17.3. The third-order valence-electron chi connectivity index (χ3n) is 5.22. The Balaban J connectivity index is 3.60. The molecule has 160 valence electrons. The minimum Gasteiger partial charge on any atom is -0.441 e. The Morgan fingerprint density at radius 2 is 1.22 bits per heavy atom. The van der Waals surface area contributed by atoms with E-state index < -0.39 is 5.72 Å². The highest BCUT2D eigenvalue weighted by Crippen LogP contribution is 2.19. The SMILES string of the molecule is C=C(C)C(=O)OC(C)(CCCCCCCCCCCCCCCC)NCC. The lowest BCUT2D eigenvalue weighted by Crippen LogP contribution is -2.46. The Morgan fingerprint density at radius 3 is 1.59 bits per heavy atom. The van der Waals surface area contributed by atoms with Crippen molar-refractivity contribution in [1.29, 1.82) is 0 Å². The molecule has 0 aromatic heterocycles. The molecule has 1 N–H and O–H groups in total. The molecule has 0 spiro atoms. The summed E-state index contributed by atoms with van der Waals surface area (Å²) in [7, 11) is 0. The second-order valence-corrected chi connectivity index (χ2v) is 8.28. The zero-order chi connectivity index (χ0) is 20.4. The Bertz CT molecular complexity index is 381. The monoisotopic (exact) mass is 381 g/mol. The molecule has 1 unspecified atom stereocenters. The van der Waals surface area contributed by atoms with Crippen molar-refractivity contribution in [1.82, 2.24) is 5.32 Å². The molecular formula is C24H47NO2. The first-order valence-corrected chi connectivity index (χ1v) is 11.6. The van der Waals surface area contributed by atoms with Crippen LogP contribution in [0.2, 0.25) is 0 Å². The summed E-state index contributed by atoms with van der Waals surface area (Å²) in [5.74, 6) is -0.302. The maximum atomic E-state index is 11.8. The van der Waals surface area contributed by atoms with E-state index in [1.165, 1.54) is 83.5 Å². The van der Waals surface area contributed by atoms with Crippen molar-refractivity contribution in [3.05, 3.63) is 12.2 Å². The fourth-order valence-electron chi connectivity index (χ4n) is 3.50. The van der Waals surface area contributed by atoms with Crippen LogP contribution in [0.3, 0.4) is 0 Å². The molecule has 0 aliphatic heterocycles. The molecule has 0 aliphatic rings. The van der Waals surface area contributed by atoms with Crippen LogP contribution in [-0.2, 0) is 9.53 Å². The van der Waals surface area contributed by atoms with Crippen LogP contribution in [0, 0.1) is 0 Å². The molecule has 1 atom stereocenters. The molecule has 0 saturated carbocycles. The lowest BCUT2D eigenvalue weighted by molar-refractivity contribution is -0.157. The van der Waals surface area contributed by atoms with Crippen molar-refractivity contribution in [3.63, 3.8) is 0 Å². The van der Waals surface area contributed by atoms with Gasteiger partial charge in [-0.2, -0.15) is 0 Å². The minimum atomic E-state index is -0.568. The normalized spacial score (nSPS) is 13.3. The molecule has 0 aromatic carbocycles. The summed E-state index contributed by atoms with van der Waals surface area (Å²) in [6.45, 7) is 12.4. The van der Waals surface area contributed by atoms with Gasteiger partial charge >= 0.3 is 5.97 Å². The van der Waals surface area contributed by atoms with E-state index in [0.717, 1.165) is 19.4 Å². The molecule has 27 heavy (non-hydrogen) atoms. The van der Waals surface area contributed by atoms with Gasteiger partial charge in [-0.25, -0.2) is 4.79 Å². The van der Waals surface area contributed by atoms with Crippen LogP contribution in [0.4, 0.5) is 0 Å². The van der Waals surface area contributed by atoms with Gasteiger partial charge in [0.15, 0.2) is 5.72 Å². The van der Waals surface area contributed by atoms with E-state index in [4.69, 9.17) is 4.74 Å². The number of ether oxygens (including phenoxy) is 1. The number of unbranched alkanes of at least 4 members (excludes halogenated alkanes) is 13. The van der Waals surface area contributed by atoms with E-state index in [0.29, 0.717) is 5.57 Å². The van der Waals surface area contributed by atoms with Crippen LogP contribution in [0.1, 0.15) is 124 Å². The van der Waals surface area contributed by atoms with Gasteiger partial charge in [0.25, 0.3) is 0 Å². The minimum absolute atomic E-state index is 0.302. The lowest BCUT2D eigenvalue weighted by Gasteiger charge is -2.30. The molecular weight excluding hydrogens is 334 g/mol.